The first-order chi connectivity index (χ1) is 14.3. The Morgan fingerprint density at radius 2 is 1.60 bits per heavy atom. The van der Waals surface area contributed by atoms with Gasteiger partial charge in [-0.25, -0.2) is 0 Å². The molecular formula is C24H29N3O3. The molecule has 0 aliphatic heterocycles. The SMILES string of the molecule is Cc1ccc(C(=O)N(C)C)cc1NC(=O)c1ccc(CNC(=O)C2CCCC2)cc1. The lowest BCUT2D eigenvalue weighted by Gasteiger charge is -2.14. The highest BCUT2D eigenvalue weighted by Crippen LogP contribution is 2.24. The predicted octanol–water partition coefficient (Wildman–Crippen LogP) is 3.76. The molecule has 3 amide bonds. The Bertz CT molecular complexity index is 929. The first-order valence-electron chi connectivity index (χ1n) is 10.4. The standard InChI is InChI=1S/C24H29N3O3/c1-16-8-11-20(24(30)27(2)3)14-21(16)26-23(29)19-12-9-17(10-13-19)15-25-22(28)18-6-4-5-7-18/h8-14,18H,4-7,15H2,1-3H3,(H,25,28)(H,26,29). The van der Waals surface area contributed by atoms with Gasteiger partial charge in [-0.15, -0.1) is 0 Å². The van der Waals surface area contributed by atoms with Crippen LogP contribution in [0.1, 0.15) is 57.5 Å². The highest BCUT2D eigenvalue weighted by atomic mass is 16.2. The Kier molecular flexibility index (Phi) is 6.87. The van der Waals surface area contributed by atoms with Crippen LogP contribution in [0.3, 0.4) is 0 Å². The molecule has 6 heteroatoms. The van der Waals surface area contributed by atoms with Gasteiger partial charge in [0.05, 0.1) is 0 Å². The van der Waals surface area contributed by atoms with E-state index in [4.69, 9.17) is 0 Å². The molecule has 0 bridgehead atoms. The van der Waals surface area contributed by atoms with Gasteiger partial charge in [-0.3, -0.25) is 14.4 Å². The van der Waals surface area contributed by atoms with Crippen molar-refractivity contribution in [1.82, 2.24) is 10.2 Å². The summed E-state index contributed by atoms with van der Waals surface area (Å²) >= 11 is 0. The van der Waals surface area contributed by atoms with Gasteiger partial charge in [-0.2, -0.15) is 0 Å². The second-order valence-electron chi connectivity index (χ2n) is 8.08. The molecule has 2 N–H and O–H groups in total. The number of aryl methyl sites for hydroxylation is 1. The number of hydrogen-bond donors (Lipinski definition) is 2. The molecule has 30 heavy (non-hydrogen) atoms. The summed E-state index contributed by atoms with van der Waals surface area (Å²) in [4.78, 5) is 38.5. The average molecular weight is 408 g/mol. The molecule has 0 aromatic heterocycles. The number of carbonyl (C=O) groups is 3. The molecular weight excluding hydrogens is 378 g/mol. The van der Waals surface area contributed by atoms with E-state index >= 15 is 0 Å². The highest BCUT2D eigenvalue weighted by molar-refractivity contribution is 6.05. The maximum atomic E-state index is 12.7. The monoisotopic (exact) mass is 407 g/mol. The fourth-order valence-corrected chi connectivity index (χ4v) is 3.64. The molecule has 1 aliphatic rings. The summed E-state index contributed by atoms with van der Waals surface area (Å²) in [5.74, 6) is -0.0889. The molecule has 1 fully saturated rings. The first-order valence-corrected chi connectivity index (χ1v) is 10.4. The largest absolute Gasteiger partial charge is 0.352 e. The van der Waals surface area contributed by atoms with Crippen molar-refractivity contribution in [3.63, 3.8) is 0 Å². The minimum atomic E-state index is -0.242. The highest BCUT2D eigenvalue weighted by Gasteiger charge is 2.22. The summed E-state index contributed by atoms with van der Waals surface area (Å²) in [6, 6.07) is 12.5. The zero-order valence-electron chi connectivity index (χ0n) is 17.8. The van der Waals surface area contributed by atoms with Gasteiger partial charge in [0.25, 0.3) is 11.8 Å². The van der Waals surface area contributed by atoms with Crippen molar-refractivity contribution in [2.24, 2.45) is 5.92 Å². The van der Waals surface area contributed by atoms with Crippen LogP contribution in [0.4, 0.5) is 5.69 Å². The zero-order valence-corrected chi connectivity index (χ0v) is 17.8. The molecule has 3 rings (SSSR count). The molecule has 0 saturated heterocycles. The van der Waals surface area contributed by atoms with Gasteiger partial charge >= 0.3 is 0 Å². The zero-order chi connectivity index (χ0) is 21.7. The van der Waals surface area contributed by atoms with Crippen molar-refractivity contribution in [2.75, 3.05) is 19.4 Å². The maximum Gasteiger partial charge on any atom is 0.255 e. The number of rotatable bonds is 6. The minimum Gasteiger partial charge on any atom is -0.352 e. The van der Waals surface area contributed by atoms with Crippen molar-refractivity contribution >= 4 is 23.4 Å². The molecule has 2 aromatic rings. The summed E-state index contributed by atoms with van der Waals surface area (Å²) in [5.41, 5.74) is 3.48. The molecule has 0 unspecified atom stereocenters. The summed E-state index contributed by atoms with van der Waals surface area (Å²) < 4.78 is 0. The molecule has 2 aromatic carbocycles. The number of hydrogen-bond acceptors (Lipinski definition) is 3. The van der Waals surface area contributed by atoms with Gasteiger partial charge in [0, 0.05) is 43.4 Å². The van der Waals surface area contributed by atoms with Gasteiger partial charge in [-0.05, 0) is 55.2 Å². The average Bonchev–Trinajstić information content (AvgIpc) is 3.28. The summed E-state index contributed by atoms with van der Waals surface area (Å²) in [6.07, 6.45) is 4.22. The van der Waals surface area contributed by atoms with Gasteiger partial charge in [-0.1, -0.05) is 31.0 Å². The lowest BCUT2D eigenvalue weighted by molar-refractivity contribution is -0.124. The normalized spacial score (nSPS) is 13.7. The minimum absolute atomic E-state index is 0.116. The lowest BCUT2D eigenvalue weighted by Crippen LogP contribution is -2.28. The Morgan fingerprint density at radius 3 is 2.23 bits per heavy atom. The summed E-state index contributed by atoms with van der Waals surface area (Å²) in [7, 11) is 3.39. The van der Waals surface area contributed by atoms with E-state index in [-0.39, 0.29) is 23.6 Å². The van der Waals surface area contributed by atoms with Gasteiger partial charge in [0.2, 0.25) is 5.91 Å². The van der Waals surface area contributed by atoms with E-state index in [1.54, 1.807) is 38.4 Å². The molecule has 158 valence electrons. The predicted molar refractivity (Wildman–Crippen MR) is 117 cm³/mol. The van der Waals surface area contributed by atoms with E-state index in [1.165, 1.54) is 4.90 Å². The number of carbonyl (C=O) groups excluding carboxylic acids is 3. The number of nitrogens with zero attached hydrogens (tertiary/aromatic N) is 1. The van der Waals surface area contributed by atoms with Crippen LogP contribution in [0, 0.1) is 12.8 Å². The second-order valence-corrected chi connectivity index (χ2v) is 8.08. The van der Waals surface area contributed by atoms with Crippen LogP contribution in [0.5, 0.6) is 0 Å². The van der Waals surface area contributed by atoms with E-state index in [0.29, 0.717) is 23.4 Å². The smallest absolute Gasteiger partial charge is 0.255 e. The van der Waals surface area contributed by atoms with Crippen molar-refractivity contribution in [3.8, 4) is 0 Å². The number of benzene rings is 2. The van der Waals surface area contributed by atoms with Crippen LogP contribution in [-0.2, 0) is 11.3 Å². The van der Waals surface area contributed by atoms with Crippen LogP contribution >= 0.6 is 0 Å². The van der Waals surface area contributed by atoms with Crippen LogP contribution in [0.15, 0.2) is 42.5 Å². The Morgan fingerprint density at radius 1 is 0.967 bits per heavy atom. The molecule has 1 aliphatic carbocycles. The van der Waals surface area contributed by atoms with E-state index in [2.05, 4.69) is 10.6 Å². The van der Waals surface area contributed by atoms with E-state index in [0.717, 1.165) is 36.8 Å². The van der Waals surface area contributed by atoms with Crippen LogP contribution in [0.25, 0.3) is 0 Å². The van der Waals surface area contributed by atoms with Gasteiger partial charge in [0.15, 0.2) is 0 Å². The van der Waals surface area contributed by atoms with Crippen molar-refractivity contribution in [1.29, 1.82) is 0 Å². The number of nitrogens with one attached hydrogen (secondary N) is 2. The molecule has 0 heterocycles. The number of amides is 3. The molecule has 0 spiro atoms. The fourth-order valence-electron chi connectivity index (χ4n) is 3.64. The van der Waals surface area contributed by atoms with Gasteiger partial charge in [0.1, 0.15) is 0 Å². The molecule has 1 saturated carbocycles. The second kappa shape index (κ2) is 9.57. The Labute approximate surface area is 177 Å². The third-order valence-electron chi connectivity index (χ3n) is 5.55. The maximum absolute atomic E-state index is 12.7. The first kappa shape index (κ1) is 21.6. The third kappa shape index (κ3) is 5.26. The van der Waals surface area contributed by atoms with E-state index in [9.17, 15) is 14.4 Å². The third-order valence-corrected chi connectivity index (χ3v) is 5.55. The van der Waals surface area contributed by atoms with Crippen LogP contribution in [-0.4, -0.2) is 36.7 Å². The molecule has 6 nitrogen and oxygen atoms in total. The molecule has 0 radical (unpaired) electrons. The van der Waals surface area contributed by atoms with Crippen LogP contribution < -0.4 is 10.6 Å². The van der Waals surface area contributed by atoms with Gasteiger partial charge < -0.3 is 15.5 Å². The summed E-state index contributed by atoms with van der Waals surface area (Å²) in [6.45, 7) is 2.35. The molecule has 0 atom stereocenters. The van der Waals surface area contributed by atoms with Crippen molar-refractivity contribution in [3.05, 3.63) is 64.7 Å². The number of anilines is 1. The topological polar surface area (TPSA) is 78.5 Å². The van der Waals surface area contributed by atoms with Crippen LogP contribution in [0.2, 0.25) is 0 Å². The van der Waals surface area contributed by atoms with E-state index < -0.39 is 0 Å². The van der Waals surface area contributed by atoms with Crippen molar-refractivity contribution in [2.45, 2.75) is 39.2 Å². The van der Waals surface area contributed by atoms with E-state index in [1.807, 2.05) is 25.1 Å². The summed E-state index contributed by atoms with van der Waals surface area (Å²) in [5, 5.41) is 5.88. The quantitative estimate of drug-likeness (QED) is 0.765. The Balaban J connectivity index is 1.61. The fraction of sp³-hybridized carbons (Fsp3) is 0.375. The Hall–Kier alpha value is -3.15. The van der Waals surface area contributed by atoms with Crippen molar-refractivity contribution < 1.29 is 14.4 Å². The lowest BCUT2D eigenvalue weighted by atomic mass is 10.1.